The van der Waals surface area contributed by atoms with Gasteiger partial charge in [0.05, 0.1) is 6.04 Å². The molecule has 1 saturated heterocycles. The molecule has 108 valence electrons. The van der Waals surface area contributed by atoms with E-state index in [4.69, 9.17) is 0 Å². The molecule has 0 aromatic heterocycles. The van der Waals surface area contributed by atoms with Gasteiger partial charge in [-0.1, -0.05) is 30.3 Å². The third-order valence-corrected chi connectivity index (χ3v) is 6.16. The summed E-state index contributed by atoms with van der Waals surface area (Å²) in [6.07, 6.45) is 6.20. The lowest BCUT2D eigenvalue weighted by Gasteiger charge is -2.36. The zero-order valence-electron chi connectivity index (χ0n) is 12.5. The van der Waals surface area contributed by atoms with Crippen LogP contribution in [0.25, 0.3) is 0 Å². The molecule has 0 radical (unpaired) electrons. The summed E-state index contributed by atoms with van der Waals surface area (Å²) in [7, 11) is 0. The van der Waals surface area contributed by atoms with Gasteiger partial charge >= 0.3 is 0 Å². The minimum atomic E-state index is 1.03. The molecule has 3 fully saturated rings. The van der Waals surface area contributed by atoms with Gasteiger partial charge in [0.25, 0.3) is 0 Å². The van der Waals surface area contributed by atoms with E-state index in [1.165, 1.54) is 38.3 Å². The van der Waals surface area contributed by atoms with E-state index in [1.54, 1.807) is 30.6 Å². The fourth-order valence-electron chi connectivity index (χ4n) is 5.10. The topological polar surface area (TPSA) is 8.88 Å². The number of nitrogens with one attached hydrogen (secondary N) is 2. The van der Waals surface area contributed by atoms with Crippen LogP contribution in [0.1, 0.15) is 31.2 Å². The zero-order valence-corrected chi connectivity index (χ0v) is 12.5. The Labute approximate surface area is 122 Å². The molecule has 0 amide bonds. The molecule has 1 heterocycles. The Bertz CT molecular complexity index is 436. The van der Waals surface area contributed by atoms with Gasteiger partial charge in [-0.05, 0) is 25.2 Å². The molecule has 4 rings (SSSR count). The molecule has 2 aliphatic carbocycles. The van der Waals surface area contributed by atoms with Gasteiger partial charge in [0.1, 0.15) is 32.7 Å². The van der Waals surface area contributed by atoms with Crippen molar-refractivity contribution < 1.29 is 9.80 Å². The molecule has 1 aliphatic heterocycles. The van der Waals surface area contributed by atoms with E-state index in [0.717, 1.165) is 17.9 Å². The van der Waals surface area contributed by atoms with Crippen molar-refractivity contribution in [1.29, 1.82) is 0 Å². The van der Waals surface area contributed by atoms with Gasteiger partial charge < -0.3 is 9.80 Å². The highest BCUT2D eigenvalue weighted by Crippen LogP contribution is 2.43. The van der Waals surface area contributed by atoms with Crippen molar-refractivity contribution in [3.05, 3.63) is 35.9 Å². The van der Waals surface area contributed by atoms with Gasteiger partial charge in [-0.15, -0.1) is 0 Å². The summed E-state index contributed by atoms with van der Waals surface area (Å²) in [5.41, 5.74) is 1.51. The average Bonchev–Trinajstić information content (AvgIpc) is 3.12. The van der Waals surface area contributed by atoms with E-state index in [2.05, 4.69) is 30.3 Å². The Morgan fingerprint density at radius 2 is 1.70 bits per heavy atom. The Hall–Kier alpha value is -0.860. The second kappa shape index (κ2) is 5.50. The molecule has 20 heavy (non-hydrogen) atoms. The van der Waals surface area contributed by atoms with Crippen LogP contribution in [0, 0.1) is 11.8 Å². The Morgan fingerprint density at radius 3 is 2.35 bits per heavy atom. The van der Waals surface area contributed by atoms with E-state index < -0.39 is 0 Å². The first-order chi connectivity index (χ1) is 9.88. The van der Waals surface area contributed by atoms with Crippen molar-refractivity contribution in [2.75, 3.05) is 26.2 Å². The fourth-order valence-corrected chi connectivity index (χ4v) is 5.10. The maximum atomic E-state index is 2.28. The number of piperazine rings is 1. The lowest BCUT2D eigenvalue weighted by atomic mass is 9.93. The number of hydrogen-bond acceptors (Lipinski definition) is 0. The molecule has 2 heteroatoms. The van der Waals surface area contributed by atoms with Crippen molar-refractivity contribution in [2.24, 2.45) is 11.8 Å². The van der Waals surface area contributed by atoms with Gasteiger partial charge in [0.15, 0.2) is 0 Å². The number of rotatable bonds is 3. The van der Waals surface area contributed by atoms with Crippen LogP contribution in [0.4, 0.5) is 0 Å². The standard InChI is InChI=1S/C18H26N2/c1-2-4-15(5-3-1)14-19-8-10-20(11-9-19)18-13-16-6-7-17(18)12-16/h1-5,16-18H,6-14H2/p+2/t16-,17+,18-/m0/s1. The van der Waals surface area contributed by atoms with E-state index in [0.29, 0.717) is 0 Å². The summed E-state index contributed by atoms with van der Waals surface area (Å²) in [6.45, 7) is 6.80. The Kier molecular flexibility index (Phi) is 3.53. The van der Waals surface area contributed by atoms with Crippen LogP contribution in [0.5, 0.6) is 0 Å². The first-order valence-electron chi connectivity index (χ1n) is 8.60. The van der Waals surface area contributed by atoms with Crippen molar-refractivity contribution >= 4 is 0 Å². The highest BCUT2D eigenvalue weighted by Gasteiger charge is 2.45. The normalized spacial score (nSPS) is 40.1. The third-order valence-electron chi connectivity index (χ3n) is 6.16. The molecule has 3 aliphatic rings. The first kappa shape index (κ1) is 12.8. The maximum absolute atomic E-state index is 2.28. The van der Waals surface area contributed by atoms with Crippen LogP contribution >= 0.6 is 0 Å². The molecule has 2 bridgehead atoms. The molecule has 2 saturated carbocycles. The molecule has 2 N–H and O–H groups in total. The smallest absolute Gasteiger partial charge is 0.127 e. The maximum Gasteiger partial charge on any atom is 0.127 e. The number of fused-ring (bicyclic) bond motifs is 2. The molecule has 1 aromatic rings. The van der Waals surface area contributed by atoms with Crippen molar-refractivity contribution in [2.45, 2.75) is 38.3 Å². The Morgan fingerprint density at radius 1 is 0.900 bits per heavy atom. The second-order valence-electron chi connectivity index (χ2n) is 7.35. The molecule has 0 unspecified atom stereocenters. The molecule has 2 nitrogen and oxygen atoms in total. The average molecular weight is 272 g/mol. The van der Waals surface area contributed by atoms with Crippen LogP contribution in [0.2, 0.25) is 0 Å². The summed E-state index contributed by atoms with van der Waals surface area (Å²) >= 11 is 0. The SMILES string of the molecule is c1ccc(C[NH+]2CC[NH+]([C@H]3C[C@H]4CC[C@@H]3C4)CC2)cc1. The van der Waals surface area contributed by atoms with Crippen LogP contribution in [-0.2, 0) is 6.54 Å². The van der Waals surface area contributed by atoms with E-state index in [-0.39, 0.29) is 0 Å². The van der Waals surface area contributed by atoms with Crippen LogP contribution in [0.15, 0.2) is 30.3 Å². The summed E-state index contributed by atoms with van der Waals surface area (Å²) < 4.78 is 0. The van der Waals surface area contributed by atoms with E-state index >= 15 is 0 Å². The summed E-state index contributed by atoms with van der Waals surface area (Å²) in [4.78, 5) is 3.75. The van der Waals surface area contributed by atoms with Crippen LogP contribution in [0.3, 0.4) is 0 Å². The lowest BCUT2D eigenvalue weighted by molar-refractivity contribution is -1.03. The van der Waals surface area contributed by atoms with Crippen molar-refractivity contribution in [3.63, 3.8) is 0 Å². The Balaban J connectivity index is 1.30. The first-order valence-corrected chi connectivity index (χ1v) is 8.60. The minimum Gasteiger partial charge on any atom is -0.323 e. The highest BCUT2D eigenvalue weighted by atomic mass is 15.3. The molecule has 3 atom stereocenters. The highest BCUT2D eigenvalue weighted by molar-refractivity contribution is 5.13. The molecule has 0 spiro atoms. The minimum absolute atomic E-state index is 1.03. The molecule has 1 aromatic carbocycles. The molecular formula is C18H28N2+2. The van der Waals surface area contributed by atoms with Gasteiger partial charge in [-0.2, -0.15) is 0 Å². The quantitative estimate of drug-likeness (QED) is 0.776. The monoisotopic (exact) mass is 272 g/mol. The lowest BCUT2D eigenvalue weighted by Crippen LogP contribution is -3.29. The van der Waals surface area contributed by atoms with Crippen molar-refractivity contribution in [3.8, 4) is 0 Å². The zero-order chi connectivity index (χ0) is 13.4. The van der Waals surface area contributed by atoms with Crippen LogP contribution in [-0.4, -0.2) is 32.2 Å². The number of hydrogen-bond donors (Lipinski definition) is 2. The largest absolute Gasteiger partial charge is 0.323 e. The molecular weight excluding hydrogens is 244 g/mol. The number of benzene rings is 1. The van der Waals surface area contributed by atoms with E-state index in [9.17, 15) is 0 Å². The van der Waals surface area contributed by atoms with Gasteiger partial charge in [-0.3, -0.25) is 0 Å². The second-order valence-corrected chi connectivity index (χ2v) is 7.35. The number of quaternary nitrogens is 2. The fraction of sp³-hybridized carbons (Fsp3) is 0.667. The van der Waals surface area contributed by atoms with Gasteiger partial charge in [0.2, 0.25) is 0 Å². The predicted octanol–water partition coefficient (Wildman–Crippen LogP) is 0.159. The van der Waals surface area contributed by atoms with Gasteiger partial charge in [-0.25, -0.2) is 0 Å². The van der Waals surface area contributed by atoms with Gasteiger partial charge in [0, 0.05) is 17.9 Å². The van der Waals surface area contributed by atoms with Crippen LogP contribution < -0.4 is 9.80 Å². The predicted molar refractivity (Wildman–Crippen MR) is 80.8 cm³/mol. The summed E-state index contributed by atoms with van der Waals surface area (Å²) in [5.74, 6) is 2.19. The van der Waals surface area contributed by atoms with E-state index in [1.807, 2.05) is 4.90 Å². The summed E-state index contributed by atoms with van der Waals surface area (Å²) in [6, 6.07) is 12.1. The third kappa shape index (κ3) is 2.51. The summed E-state index contributed by atoms with van der Waals surface area (Å²) in [5, 5.41) is 0. The van der Waals surface area contributed by atoms with Crippen molar-refractivity contribution in [1.82, 2.24) is 0 Å².